The van der Waals surface area contributed by atoms with E-state index in [1.807, 2.05) is 11.8 Å². The fraction of sp³-hybridized carbons (Fsp3) is 0.529. The van der Waals surface area contributed by atoms with E-state index in [0.29, 0.717) is 18.0 Å². The Hall–Kier alpha value is -2.44. The SMILES string of the molecule is CCC(C)Oc1cc(C(=O)N2CCCCC2c2ncn[nH]2)ccn1. The average Bonchev–Trinajstić information content (AvgIpc) is 3.15. The zero-order chi connectivity index (χ0) is 16.9. The minimum Gasteiger partial charge on any atom is -0.475 e. The summed E-state index contributed by atoms with van der Waals surface area (Å²) in [7, 11) is 0. The molecule has 1 N–H and O–H groups in total. The summed E-state index contributed by atoms with van der Waals surface area (Å²) in [5.74, 6) is 1.21. The van der Waals surface area contributed by atoms with Crippen LogP contribution in [0.2, 0.25) is 0 Å². The maximum Gasteiger partial charge on any atom is 0.254 e. The van der Waals surface area contributed by atoms with Crippen molar-refractivity contribution in [1.82, 2.24) is 25.1 Å². The zero-order valence-electron chi connectivity index (χ0n) is 14.1. The van der Waals surface area contributed by atoms with Crippen LogP contribution in [0.3, 0.4) is 0 Å². The van der Waals surface area contributed by atoms with Crippen molar-refractivity contribution in [1.29, 1.82) is 0 Å². The molecule has 24 heavy (non-hydrogen) atoms. The first kappa shape index (κ1) is 16.4. The number of hydrogen-bond acceptors (Lipinski definition) is 5. The molecule has 2 aromatic heterocycles. The van der Waals surface area contributed by atoms with Crippen molar-refractivity contribution in [2.24, 2.45) is 0 Å². The molecule has 0 saturated carbocycles. The van der Waals surface area contributed by atoms with Crippen molar-refractivity contribution >= 4 is 5.91 Å². The second-order valence-electron chi connectivity index (χ2n) is 6.10. The maximum atomic E-state index is 13.0. The van der Waals surface area contributed by atoms with Crippen molar-refractivity contribution in [3.63, 3.8) is 0 Å². The Kier molecular flexibility index (Phi) is 5.08. The molecule has 128 valence electrons. The van der Waals surface area contributed by atoms with Crippen LogP contribution >= 0.6 is 0 Å². The predicted molar refractivity (Wildman–Crippen MR) is 88.6 cm³/mol. The summed E-state index contributed by atoms with van der Waals surface area (Å²) >= 11 is 0. The molecule has 7 nitrogen and oxygen atoms in total. The molecule has 2 aromatic rings. The Morgan fingerprint density at radius 1 is 1.46 bits per heavy atom. The fourth-order valence-corrected chi connectivity index (χ4v) is 2.90. The van der Waals surface area contributed by atoms with Gasteiger partial charge < -0.3 is 9.64 Å². The Balaban J connectivity index is 1.80. The maximum absolute atomic E-state index is 13.0. The lowest BCUT2D eigenvalue weighted by Crippen LogP contribution is -2.39. The Morgan fingerprint density at radius 3 is 3.08 bits per heavy atom. The van der Waals surface area contributed by atoms with E-state index in [0.717, 1.165) is 31.5 Å². The van der Waals surface area contributed by atoms with E-state index >= 15 is 0 Å². The van der Waals surface area contributed by atoms with Crippen LogP contribution in [0.25, 0.3) is 0 Å². The number of pyridine rings is 1. The van der Waals surface area contributed by atoms with Crippen molar-refractivity contribution in [2.45, 2.75) is 51.7 Å². The number of hydrogen-bond donors (Lipinski definition) is 1. The normalized spacial score (nSPS) is 19.1. The molecule has 1 aliphatic heterocycles. The molecule has 1 aliphatic rings. The summed E-state index contributed by atoms with van der Waals surface area (Å²) in [6.45, 7) is 4.75. The number of carbonyl (C=O) groups excluding carboxylic acids is 1. The highest BCUT2D eigenvalue weighted by molar-refractivity contribution is 5.94. The van der Waals surface area contributed by atoms with Crippen LogP contribution in [0.15, 0.2) is 24.7 Å². The van der Waals surface area contributed by atoms with Gasteiger partial charge in [-0.05, 0) is 38.7 Å². The Labute approximate surface area is 141 Å². The smallest absolute Gasteiger partial charge is 0.254 e. The molecule has 2 atom stereocenters. The van der Waals surface area contributed by atoms with Gasteiger partial charge in [-0.15, -0.1) is 0 Å². The highest BCUT2D eigenvalue weighted by Gasteiger charge is 2.30. The molecule has 0 aliphatic carbocycles. The summed E-state index contributed by atoms with van der Waals surface area (Å²) in [5.41, 5.74) is 0.592. The van der Waals surface area contributed by atoms with Crippen LogP contribution in [-0.2, 0) is 0 Å². The molecule has 3 heterocycles. The van der Waals surface area contributed by atoms with Crippen LogP contribution in [0.1, 0.15) is 61.8 Å². The van der Waals surface area contributed by atoms with Gasteiger partial charge in [0.25, 0.3) is 5.91 Å². The summed E-state index contributed by atoms with van der Waals surface area (Å²) in [6, 6.07) is 3.40. The molecule has 0 radical (unpaired) electrons. The third-order valence-corrected chi connectivity index (χ3v) is 4.39. The molecule has 0 bridgehead atoms. The van der Waals surface area contributed by atoms with Gasteiger partial charge in [0.15, 0.2) is 0 Å². The molecule has 1 fully saturated rings. The van der Waals surface area contributed by atoms with Crippen LogP contribution in [-0.4, -0.2) is 43.6 Å². The molecular weight excluding hydrogens is 306 g/mol. The highest BCUT2D eigenvalue weighted by Crippen LogP contribution is 2.30. The number of ether oxygens (including phenoxy) is 1. The number of amides is 1. The van der Waals surface area contributed by atoms with Gasteiger partial charge in [0.2, 0.25) is 5.88 Å². The van der Waals surface area contributed by atoms with Crippen molar-refractivity contribution in [2.75, 3.05) is 6.54 Å². The number of aromatic amines is 1. The summed E-state index contributed by atoms with van der Waals surface area (Å²) in [4.78, 5) is 23.3. The lowest BCUT2D eigenvalue weighted by Gasteiger charge is -2.34. The number of nitrogens with zero attached hydrogens (tertiary/aromatic N) is 4. The molecule has 0 aromatic carbocycles. The monoisotopic (exact) mass is 329 g/mol. The molecule has 1 amide bonds. The quantitative estimate of drug-likeness (QED) is 0.912. The molecule has 1 saturated heterocycles. The van der Waals surface area contributed by atoms with E-state index in [2.05, 4.69) is 27.1 Å². The summed E-state index contributed by atoms with van der Waals surface area (Å²) < 4.78 is 5.73. The number of likely N-dealkylation sites (tertiary alicyclic amines) is 1. The van der Waals surface area contributed by atoms with Gasteiger partial charge in [-0.3, -0.25) is 9.89 Å². The van der Waals surface area contributed by atoms with Gasteiger partial charge in [0.1, 0.15) is 12.2 Å². The van der Waals surface area contributed by atoms with Gasteiger partial charge in [0.05, 0.1) is 12.1 Å². The number of piperidine rings is 1. The zero-order valence-corrected chi connectivity index (χ0v) is 14.1. The van der Waals surface area contributed by atoms with Crippen molar-refractivity contribution in [3.05, 3.63) is 36.0 Å². The molecule has 2 unspecified atom stereocenters. The first-order valence-electron chi connectivity index (χ1n) is 8.48. The third kappa shape index (κ3) is 3.55. The second-order valence-corrected chi connectivity index (χ2v) is 6.10. The van der Waals surface area contributed by atoms with Gasteiger partial charge in [-0.2, -0.15) is 5.10 Å². The first-order chi connectivity index (χ1) is 11.7. The fourth-order valence-electron chi connectivity index (χ4n) is 2.90. The van der Waals surface area contributed by atoms with Gasteiger partial charge in [0, 0.05) is 24.4 Å². The highest BCUT2D eigenvalue weighted by atomic mass is 16.5. The number of carbonyl (C=O) groups is 1. The van der Waals surface area contributed by atoms with Crippen LogP contribution in [0.4, 0.5) is 0 Å². The average molecular weight is 329 g/mol. The van der Waals surface area contributed by atoms with Crippen molar-refractivity contribution < 1.29 is 9.53 Å². The molecule has 3 rings (SSSR count). The Morgan fingerprint density at radius 2 is 2.33 bits per heavy atom. The number of H-pyrrole nitrogens is 1. The van der Waals surface area contributed by atoms with Crippen LogP contribution in [0.5, 0.6) is 5.88 Å². The molecule has 7 heteroatoms. The number of aromatic nitrogens is 4. The van der Waals surface area contributed by atoms with Crippen LogP contribution < -0.4 is 4.74 Å². The standard InChI is InChI=1S/C17H23N5O2/c1-3-12(2)24-15-10-13(7-8-18-15)17(23)22-9-5-4-6-14(22)16-19-11-20-21-16/h7-8,10-12,14H,3-6,9H2,1-2H3,(H,19,20,21). The molecular formula is C17H23N5O2. The minimum atomic E-state index is -0.0548. The van der Waals surface area contributed by atoms with E-state index in [4.69, 9.17) is 4.74 Å². The van der Waals surface area contributed by atoms with E-state index < -0.39 is 0 Å². The summed E-state index contributed by atoms with van der Waals surface area (Å²) in [5, 5.41) is 6.81. The van der Waals surface area contributed by atoms with E-state index in [1.54, 1.807) is 18.3 Å². The van der Waals surface area contributed by atoms with Gasteiger partial charge >= 0.3 is 0 Å². The van der Waals surface area contributed by atoms with E-state index in [9.17, 15) is 4.79 Å². The summed E-state index contributed by atoms with van der Waals surface area (Å²) in [6.07, 6.45) is 7.03. The first-order valence-corrected chi connectivity index (χ1v) is 8.48. The van der Waals surface area contributed by atoms with Gasteiger partial charge in [-0.25, -0.2) is 9.97 Å². The largest absolute Gasteiger partial charge is 0.475 e. The number of rotatable bonds is 5. The third-order valence-electron chi connectivity index (χ3n) is 4.39. The lowest BCUT2D eigenvalue weighted by molar-refractivity contribution is 0.0599. The van der Waals surface area contributed by atoms with Crippen molar-refractivity contribution in [3.8, 4) is 5.88 Å². The van der Waals surface area contributed by atoms with E-state index in [-0.39, 0.29) is 18.1 Å². The Bertz CT molecular complexity index is 673. The molecule has 0 spiro atoms. The minimum absolute atomic E-state index is 0.0208. The second kappa shape index (κ2) is 7.42. The topological polar surface area (TPSA) is 84.0 Å². The van der Waals surface area contributed by atoms with Crippen LogP contribution in [0, 0.1) is 0 Å². The predicted octanol–water partition coefficient (Wildman–Crippen LogP) is 2.74. The lowest BCUT2D eigenvalue weighted by atomic mass is 10.0. The van der Waals surface area contributed by atoms with E-state index in [1.165, 1.54) is 6.33 Å². The van der Waals surface area contributed by atoms with Gasteiger partial charge in [-0.1, -0.05) is 6.92 Å². The number of nitrogens with one attached hydrogen (secondary N) is 1.